The first-order chi connectivity index (χ1) is 13.7. The Morgan fingerprint density at radius 3 is 2.32 bits per heavy atom. The molecule has 0 heterocycles. The SMILES string of the molecule is COCC(CO)CCCCNC(=O)OCC1c2ccccc2-c2ccccc21. The summed E-state index contributed by atoms with van der Waals surface area (Å²) in [5, 5.41) is 12.1. The highest BCUT2D eigenvalue weighted by Crippen LogP contribution is 2.44. The Balaban J connectivity index is 1.44. The first-order valence-corrected chi connectivity index (χ1v) is 9.93. The second-order valence-corrected chi connectivity index (χ2v) is 7.25. The summed E-state index contributed by atoms with van der Waals surface area (Å²) in [5.41, 5.74) is 4.87. The van der Waals surface area contributed by atoms with Crippen molar-refractivity contribution in [2.45, 2.75) is 25.2 Å². The molecule has 2 N–H and O–H groups in total. The normalized spacial score (nSPS) is 13.6. The number of alkyl carbamates (subject to hydrolysis) is 1. The Labute approximate surface area is 166 Å². The average molecular weight is 383 g/mol. The van der Waals surface area contributed by atoms with Crippen LogP contribution in [0.5, 0.6) is 0 Å². The molecule has 0 saturated heterocycles. The molecule has 0 aliphatic heterocycles. The fourth-order valence-corrected chi connectivity index (χ4v) is 3.86. The summed E-state index contributed by atoms with van der Waals surface area (Å²) < 4.78 is 10.6. The molecule has 1 aliphatic carbocycles. The van der Waals surface area contributed by atoms with E-state index >= 15 is 0 Å². The molecule has 0 spiro atoms. The van der Waals surface area contributed by atoms with Gasteiger partial charge in [0.1, 0.15) is 6.61 Å². The summed E-state index contributed by atoms with van der Waals surface area (Å²) in [6, 6.07) is 16.6. The molecule has 2 aromatic carbocycles. The lowest BCUT2D eigenvalue weighted by Crippen LogP contribution is -2.27. The number of aliphatic hydroxyl groups is 1. The number of amides is 1. The molecule has 1 aliphatic rings. The fourth-order valence-electron chi connectivity index (χ4n) is 3.86. The van der Waals surface area contributed by atoms with Crippen molar-refractivity contribution in [3.8, 4) is 11.1 Å². The van der Waals surface area contributed by atoms with E-state index in [1.807, 2.05) is 24.3 Å². The van der Waals surface area contributed by atoms with Gasteiger partial charge in [-0.25, -0.2) is 4.79 Å². The minimum Gasteiger partial charge on any atom is -0.449 e. The summed E-state index contributed by atoms with van der Waals surface area (Å²) in [6.07, 6.45) is 2.29. The number of nitrogens with one attached hydrogen (secondary N) is 1. The molecule has 0 fully saturated rings. The van der Waals surface area contributed by atoms with E-state index in [4.69, 9.17) is 9.47 Å². The number of hydrogen-bond donors (Lipinski definition) is 2. The molecule has 5 heteroatoms. The number of methoxy groups -OCH3 is 1. The van der Waals surface area contributed by atoms with E-state index in [1.54, 1.807) is 7.11 Å². The molecule has 1 atom stereocenters. The Kier molecular flexibility index (Phi) is 7.46. The largest absolute Gasteiger partial charge is 0.449 e. The third kappa shape index (κ3) is 4.91. The van der Waals surface area contributed by atoms with Crippen LogP contribution in [0.25, 0.3) is 11.1 Å². The highest BCUT2D eigenvalue weighted by molar-refractivity contribution is 5.79. The molecule has 3 rings (SSSR count). The zero-order valence-corrected chi connectivity index (χ0v) is 16.4. The van der Waals surface area contributed by atoms with Crippen LogP contribution in [0.15, 0.2) is 48.5 Å². The molecule has 0 radical (unpaired) electrons. The van der Waals surface area contributed by atoms with Gasteiger partial charge >= 0.3 is 6.09 Å². The number of hydrogen-bond acceptors (Lipinski definition) is 4. The van der Waals surface area contributed by atoms with E-state index in [0.29, 0.717) is 19.8 Å². The van der Waals surface area contributed by atoms with Gasteiger partial charge in [0.2, 0.25) is 0 Å². The zero-order chi connectivity index (χ0) is 19.8. The van der Waals surface area contributed by atoms with Gasteiger partial charge in [-0.1, -0.05) is 55.0 Å². The van der Waals surface area contributed by atoms with Gasteiger partial charge in [0.05, 0.1) is 6.61 Å². The van der Waals surface area contributed by atoms with Crippen molar-refractivity contribution < 1.29 is 19.4 Å². The number of carbonyl (C=O) groups is 1. The van der Waals surface area contributed by atoms with E-state index < -0.39 is 0 Å². The standard InChI is InChI=1S/C23H29NO4/c1-27-15-17(14-25)8-6-7-13-24-23(26)28-16-22-20-11-4-2-9-18(20)19-10-3-5-12-21(19)22/h2-5,9-12,17,22,25H,6-8,13-16H2,1H3,(H,24,26). The number of aliphatic hydroxyl groups excluding tert-OH is 1. The maximum Gasteiger partial charge on any atom is 0.407 e. The van der Waals surface area contributed by atoms with Crippen molar-refractivity contribution in [2.75, 3.05) is 33.5 Å². The van der Waals surface area contributed by atoms with Crippen LogP contribution in [0.1, 0.15) is 36.3 Å². The van der Waals surface area contributed by atoms with Crippen molar-refractivity contribution >= 4 is 6.09 Å². The van der Waals surface area contributed by atoms with Crippen LogP contribution in [-0.4, -0.2) is 44.7 Å². The smallest absolute Gasteiger partial charge is 0.407 e. The summed E-state index contributed by atoms with van der Waals surface area (Å²) >= 11 is 0. The Morgan fingerprint density at radius 1 is 1.07 bits per heavy atom. The summed E-state index contributed by atoms with van der Waals surface area (Å²) in [5.74, 6) is 0.247. The topological polar surface area (TPSA) is 67.8 Å². The number of ether oxygens (including phenoxy) is 2. The van der Waals surface area contributed by atoms with Crippen LogP contribution < -0.4 is 5.32 Å². The van der Waals surface area contributed by atoms with E-state index in [0.717, 1.165) is 19.3 Å². The minimum absolute atomic E-state index is 0.0810. The van der Waals surface area contributed by atoms with Gasteiger partial charge in [-0.05, 0) is 35.1 Å². The third-order valence-electron chi connectivity index (χ3n) is 5.31. The third-order valence-corrected chi connectivity index (χ3v) is 5.31. The first kappa shape index (κ1) is 20.4. The van der Waals surface area contributed by atoms with Crippen molar-refractivity contribution in [3.05, 3.63) is 59.7 Å². The van der Waals surface area contributed by atoms with Crippen molar-refractivity contribution in [1.82, 2.24) is 5.32 Å². The van der Waals surface area contributed by atoms with Gasteiger partial charge in [-0.2, -0.15) is 0 Å². The van der Waals surface area contributed by atoms with E-state index in [2.05, 4.69) is 29.6 Å². The maximum atomic E-state index is 12.1. The lowest BCUT2D eigenvalue weighted by molar-refractivity contribution is 0.103. The number of unbranched alkanes of at least 4 members (excludes halogenated alkanes) is 1. The lowest BCUT2D eigenvalue weighted by atomic mass is 9.98. The van der Waals surface area contributed by atoms with E-state index in [1.165, 1.54) is 22.3 Å². The minimum atomic E-state index is -0.377. The van der Waals surface area contributed by atoms with Crippen LogP contribution in [-0.2, 0) is 9.47 Å². The maximum absolute atomic E-state index is 12.1. The van der Waals surface area contributed by atoms with Crippen LogP contribution in [0.2, 0.25) is 0 Å². The Bertz CT molecular complexity index is 731. The summed E-state index contributed by atoms with van der Waals surface area (Å²) in [4.78, 5) is 12.1. The van der Waals surface area contributed by atoms with E-state index in [-0.39, 0.29) is 24.5 Å². The predicted molar refractivity (Wildman–Crippen MR) is 109 cm³/mol. The number of rotatable bonds is 10. The predicted octanol–water partition coefficient (Wildman–Crippen LogP) is 3.95. The highest BCUT2D eigenvalue weighted by atomic mass is 16.5. The Morgan fingerprint density at radius 2 is 1.71 bits per heavy atom. The average Bonchev–Trinajstić information content (AvgIpc) is 3.05. The van der Waals surface area contributed by atoms with Gasteiger partial charge in [0.15, 0.2) is 0 Å². The fraction of sp³-hybridized carbons (Fsp3) is 0.435. The van der Waals surface area contributed by atoms with Crippen molar-refractivity contribution in [3.63, 3.8) is 0 Å². The van der Waals surface area contributed by atoms with E-state index in [9.17, 15) is 9.90 Å². The van der Waals surface area contributed by atoms with Gasteiger partial charge in [-0.15, -0.1) is 0 Å². The van der Waals surface area contributed by atoms with Crippen LogP contribution in [0.3, 0.4) is 0 Å². The second-order valence-electron chi connectivity index (χ2n) is 7.25. The summed E-state index contributed by atoms with van der Waals surface area (Å²) in [7, 11) is 1.64. The molecule has 150 valence electrons. The molecule has 0 bridgehead atoms. The molecule has 0 aromatic heterocycles. The monoisotopic (exact) mass is 383 g/mol. The zero-order valence-electron chi connectivity index (χ0n) is 16.4. The molecular formula is C23H29NO4. The molecule has 1 unspecified atom stereocenters. The molecule has 5 nitrogen and oxygen atoms in total. The van der Waals surface area contributed by atoms with Gasteiger partial charge in [0.25, 0.3) is 0 Å². The summed E-state index contributed by atoms with van der Waals surface area (Å²) in [6.45, 7) is 1.60. The molecular weight excluding hydrogens is 354 g/mol. The van der Waals surface area contributed by atoms with Crippen LogP contribution in [0.4, 0.5) is 4.79 Å². The molecule has 1 amide bonds. The van der Waals surface area contributed by atoms with Gasteiger partial charge < -0.3 is 19.9 Å². The number of carbonyl (C=O) groups excluding carboxylic acids is 1. The van der Waals surface area contributed by atoms with Gasteiger partial charge in [0, 0.05) is 32.1 Å². The lowest BCUT2D eigenvalue weighted by Gasteiger charge is -2.15. The Hall–Kier alpha value is -2.37. The molecule has 0 saturated carbocycles. The van der Waals surface area contributed by atoms with Gasteiger partial charge in [-0.3, -0.25) is 0 Å². The van der Waals surface area contributed by atoms with Crippen molar-refractivity contribution in [1.29, 1.82) is 0 Å². The van der Waals surface area contributed by atoms with Crippen molar-refractivity contribution in [2.24, 2.45) is 5.92 Å². The number of benzene rings is 2. The highest BCUT2D eigenvalue weighted by Gasteiger charge is 2.28. The number of fused-ring (bicyclic) bond motifs is 3. The molecule has 28 heavy (non-hydrogen) atoms. The quantitative estimate of drug-likeness (QED) is 0.610. The van der Waals surface area contributed by atoms with Crippen LogP contribution >= 0.6 is 0 Å². The first-order valence-electron chi connectivity index (χ1n) is 9.93. The van der Waals surface area contributed by atoms with Crippen LogP contribution in [0, 0.1) is 5.92 Å². The molecule has 2 aromatic rings. The second kappa shape index (κ2) is 10.2.